The lowest BCUT2D eigenvalue weighted by Crippen LogP contribution is -1.99. The normalized spacial score (nSPS) is 11.3. The van der Waals surface area contributed by atoms with E-state index in [4.69, 9.17) is 5.73 Å². The summed E-state index contributed by atoms with van der Waals surface area (Å²) < 4.78 is 15.3. The highest BCUT2D eigenvalue weighted by molar-refractivity contribution is 5.56. The van der Waals surface area contributed by atoms with Gasteiger partial charge in [-0.2, -0.15) is 0 Å². The van der Waals surface area contributed by atoms with E-state index in [0.717, 1.165) is 22.6 Å². The molecule has 3 heteroatoms. The van der Waals surface area contributed by atoms with Gasteiger partial charge in [-0.05, 0) is 43.7 Å². The van der Waals surface area contributed by atoms with Gasteiger partial charge in [0.05, 0.1) is 0 Å². The summed E-state index contributed by atoms with van der Waals surface area (Å²) in [5.74, 6) is -0.223. The van der Waals surface area contributed by atoms with Crippen molar-refractivity contribution in [3.8, 4) is 5.69 Å². The van der Waals surface area contributed by atoms with Crippen LogP contribution in [0.4, 0.5) is 4.39 Å². The minimum atomic E-state index is -0.223. The van der Waals surface area contributed by atoms with E-state index in [1.165, 1.54) is 12.1 Å². The fraction of sp³-hybridized carbons (Fsp3) is 0.200. The Morgan fingerprint density at radius 3 is 2.72 bits per heavy atom. The van der Waals surface area contributed by atoms with Gasteiger partial charge in [-0.25, -0.2) is 4.39 Å². The van der Waals surface area contributed by atoms with Crippen LogP contribution >= 0.6 is 0 Å². The van der Waals surface area contributed by atoms with E-state index in [1.54, 1.807) is 6.07 Å². The molecule has 2 nitrogen and oxygen atoms in total. The number of aryl methyl sites for hydroxylation is 1. The van der Waals surface area contributed by atoms with E-state index >= 15 is 0 Å². The third-order valence-electron chi connectivity index (χ3n) is 2.97. The predicted molar refractivity (Wildman–Crippen MR) is 73.3 cm³/mol. The van der Waals surface area contributed by atoms with Gasteiger partial charge in [0.2, 0.25) is 0 Å². The first-order valence-electron chi connectivity index (χ1n) is 5.95. The Kier molecular flexibility index (Phi) is 3.63. The van der Waals surface area contributed by atoms with Gasteiger partial charge in [0, 0.05) is 23.6 Å². The van der Waals surface area contributed by atoms with Crippen LogP contribution in [0, 0.1) is 19.7 Å². The van der Waals surface area contributed by atoms with Crippen LogP contribution in [0.2, 0.25) is 0 Å². The Morgan fingerprint density at radius 2 is 2.06 bits per heavy atom. The van der Waals surface area contributed by atoms with Gasteiger partial charge < -0.3 is 10.3 Å². The fourth-order valence-electron chi connectivity index (χ4n) is 2.16. The molecule has 0 bridgehead atoms. The molecule has 94 valence electrons. The summed E-state index contributed by atoms with van der Waals surface area (Å²) in [5.41, 5.74) is 9.58. The molecule has 0 aliphatic carbocycles. The molecule has 0 aliphatic rings. The SMILES string of the molecule is Cc1cc(C=CCN)c(C)n1-c1cccc(F)c1. The van der Waals surface area contributed by atoms with E-state index < -0.39 is 0 Å². The van der Waals surface area contributed by atoms with E-state index in [9.17, 15) is 4.39 Å². The van der Waals surface area contributed by atoms with Crippen molar-refractivity contribution in [3.63, 3.8) is 0 Å². The van der Waals surface area contributed by atoms with Crippen LogP contribution in [-0.4, -0.2) is 11.1 Å². The lowest BCUT2D eigenvalue weighted by Gasteiger charge is -2.09. The second kappa shape index (κ2) is 5.19. The average Bonchev–Trinajstić information content (AvgIpc) is 2.62. The van der Waals surface area contributed by atoms with Gasteiger partial charge >= 0.3 is 0 Å². The van der Waals surface area contributed by atoms with Gasteiger partial charge in [0.25, 0.3) is 0 Å². The molecule has 0 saturated heterocycles. The molecule has 2 aromatic rings. The van der Waals surface area contributed by atoms with Gasteiger partial charge in [0.1, 0.15) is 5.82 Å². The van der Waals surface area contributed by atoms with Crippen molar-refractivity contribution >= 4 is 6.08 Å². The topological polar surface area (TPSA) is 30.9 Å². The van der Waals surface area contributed by atoms with E-state index in [0.29, 0.717) is 6.54 Å². The summed E-state index contributed by atoms with van der Waals surface area (Å²) >= 11 is 0. The average molecular weight is 244 g/mol. The van der Waals surface area contributed by atoms with Crippen molar-refractivity contribution in [1.82, 2.24) is 4.57 Å². The number of hydrogen-bond acceptors (Lipinski definition) is 1. The quantitative estimate of drug-likeness (QED) is 0.883. The maximum Gasteiger partial charge on any atom is 0.125 e. The molecule has 0 spiro atoms. The Morgan fingerprint density at radius 1 is 1.28 bits per heavy atom. The first kappa shape index (κ1) is 12.6. The van der Waals surface area contributed by atoms with Crippen molar-refractivity contribution in [2.24, 2.45) is 5.73 Å². The zero-order valence-corrected chi connectivity index (χ0v) is 10.7. The van der Waals surface area contributed by atoms with Crippen molar-refractivity contribution < 1.29 is 4.39 Å². The zero-order chi connectivity index (χ0) is 13.1. The highest BCUT2D eigenvalue weighted by Crippen LogP contribution is 2.22. The van der Waals surface area contributed by atoms with Crippen LogP contribution in [0.3, 0.4) is 0 Å². The fourth-order valence-corrected chi connectivity index (χ4v) is 2.16. The number of rotatable bonds is 3. The Labute approximate surface area is 107 Å². The monoisotopic (exact) mass is 244 g/mol. The maximum atomic E-state index is 13.3. The Balaban J connectivity index is 2.52. The summed E-state index contributed by atoms with van der Waals surface area (Å²) in [4.78, 5) is 0. The number of benzene rings is 1. The molecule has 0 amide bonds. The van der Waals surface area contributed by atoms with Crippen molar-refractivity contribution in [3.05, 3.63) is 59.2 Å². The molecular formula is C15H17FN2. The van der Waals surface area contributed by atoms with Crippen molar-refractivity contribution in [1.29, 1.82) is 0 Å². The van der Waals surface area contributed by atoms with Crippen molar-refractivity contribution in [2.45, 2.75) is 13.8 Å². The van der Waals surface area contributed by atoms with Crippen LogP contribution in [0.5, 0.6) is 0 Å². The molecular weight excluding hydrogens is 227 g/mol. The lowest BCUT2D eigenvalue weighted by atomic mass is 10.2. The van der Waals surface area contributed by atoms with Crippen LogP contribution in [0.15, 0.2) is 36.4 Å². The molecule has 0 saturated carbocycles. The number of nitrogens with two attached hydrogens (primary N) is 1. The molecule has 0 fully saturated rings. The maximum absolute atomic E-state index is 13.3. The molecule has 18 heavy (non-hydrogen) atoms. The molecule has 0 unspecified atom stereocenters. The van der Waals surface area contributed by atoms with E-state index in [1.807, 2.05) is 36.6 Å². The standard InChI is InChI=1S/C15H17FN2/c1-11-9-13(5-4-8-17)12(2)18(11)15-7-3-6-14(16)10-15/h3-7,9-10H,8,17H2,1-2H3. The minimum Gasteiger partial charge on any atom is -0.327 e. The van der Waals surface area contributed by atoms with Crippen LogP contribution in [-0.2, 0) is 0 Å². The second-order valence-electron chi connectivity index (χ2n) is 4.28. The molecule has 0 atom stereocenters. The molecule has 2 rings (SSSR count). The second-order valence-corrected chi connectivity index (χ2v) is 4.28. The van der Waals surface area contributed by atoms with Gasteiger partial charge in [-0.1, -0.05) is 18.2 Å². The summed E-state index contributed by atoms with van der Waals surface area (Å²) in [6, 6.07) is 8.69. The van der Waals surface area contributed by atoms with Crippen molar-refractivity contribution in [2.75, 3.05) is 6.54 Å². The Bertz CT molecular complexity index is 582. The number of hydrogen-bond donors (Lipinski definition) is 1. The molecule has 1 heterocycles. The summed E-state index contributed by atoms with van der Waals surface area (Å²) in [6.45, 7) is 4.55. The number of aromatic nitrogens is 1. The third-order valence-corrected chi connectivity index (χ3v) is 2.97. The first-order valence-corrected chi connectivity index (χ1v) is 5.95. The zero-order valence-electron chi connectivity index (χ0n) is 10.7. The largest absolute Gasteiger partial charge is 0.327 e. The summed E-state index contributed by atoms with van der Waals surface area (Å²) in [7, 11) is 0. The summed E-state index contributed by atoms with van der Waals surface area (Å²) in [6.07, 6.45) is 3.91. The highest BCUT2D eigenvalue weighted by atomic mass is 19.1. The van der Waals surface area contributed by atoms with Gasteiger partial charge in [-0.3, -0.25) is 0 Å². The summed E-state index contributed by atoms with van der Waals surface area (Å²) in [5, 5.41) is 0. The van der Waals surface area contributed by atoms with Crippen LogP contribution in [0.25, 0.3) is 11.8 Å². The minimum absolute atomic E-state index is 0.223. The predicted octanol–water partition coefficient (Wildman–Crippen LogP) is 3.21. The van der Waals surface area contributed by atoms with E-state index in [2.05, 4.69) is 6.07 Å². The molecule has 1 aromatic heterocycles. The smallest absolute Gasteiger partial charge is 0.125 e. The molecule has 0 radical (unpaired) electrons. The van der Waals surface area contributed by atoms with Crippen LogP contribution < -0.4 is 5.73 Å². The highest BCUT2D eigenvalue weighted by Gasteiger charge is 2.08. The third kappa shape index (κ3) is 2.36. The Hall–Kier alpha value is -1.87. The molecule has 1 aromatic carbocycles. The van der Waals surface area contributed by atoms with E-state index in [-0.39, 0.29) is 5.82 Å². The number of halogens is 1. The first-order chi connectivity index (χ1) is 8.63. The molecule has 2 N–H and O–H groups in total. The molecule has 0 aliphatic heterocycles. The van der Waals surface area contributed by atoms with Gasteiger partial charge in [-0.15, -0.1) is 0 Å². The van der Waals surface area contributed by atoms with Crippen LogP contribution in [0.1, 0.15) is 17.0 Å². The van der Waals surface area contributed by atoms with Gasteiger partial charge in [0.15, 0.2) is 0 Å². The number of nitrogens with zero attached hydrogens (tertiary/aromatic N) is 1. The lowest BCUT2D eigenvalue weighted by molar-refractivity contribution is 0.626.